The van der Waals surface area contributed by atoms with Crippen LogP contribution in [0.4, 0.5) is 0 Å². The highest BCUT2D eigenvalue weighted by Gasteiger charge is 2.20. The normalized spacial score (nSPS) is 14.6. The van der Waals surface area contributed by atoms with E-state index in [4.69, 9.17) is 11.6 Å². The van der Waals surface area contributed by atoms with Crippen LogP contribution in [0.1, 0.15) is 24.0 Å². The van der Waals surface area contributed by atoms with Crippen LogP contribution in [0.25, 0.3) is 11.1 Å². The Bertz CT molecular complexity index is 588. The molecule has 2 aromatic rings. The number of aryl methyl sites for hydroxylation is 1. The van der Waals surface area contributed by atoms with E-state index in [1.165, 1.54) is 35.1 Å². The molecule has 1 N–H and O–H groups in total. The average molecular weight is 272 g/mol. The predicted octanol–water partition coefficient (Wildman–Crippen LogP) is 4.57. The Kier molecular flexibility index (Phi) is 3.58. The van der Waals surface area contributed by atoms with Crippen LogP contribution in [0.3, 0.4) is 0 Å². The van der Waals surface area contributed by atoms with Gasteiger partial charge in [-0.15, -0.1) is 0 Å². The van der Waals surface area contributed by atoms with Crippen molar-refractivity contribution in [2.45, 2.75) is 32.4 Å². The van der Waals surface area contributed by atoms with Gasteiger partial charge in [-0.05, 0) is 48.1 Å². The van der Waals surface area contributed by atoms with Crippen molar-refractivity contribution in [3.8, 4) is 11.1 Å². The fraction of sp³-hybridized carbons (Fsp3) is 0.294. The highest BCUT2D eigenvalue weighted by molar-refractivity contribution is 6.31. The van der Waals surface area contributed by atoms with Gasteiger partial charge in [-0.2, -0.15) is 0 Å². The van der Waals surface area contributed by atoms with Crippen molar-refractivity contribution < 1.29 is 0 Å². The molecule has 3 rings (SSSR count). The first-order valence-electron chi connectivity index (χ1n) is 6.82. The van der Waals surface area contributed by atoms with Gasteiger partial charge < -0.3 is 5.32 Å². The summed E-state index contributed by atoms with van der Waals surface area (Å²) in [6.45, 7) is 3.00. The van der Waals surface area contributed by atoms with Crippen molar-refractivity contribution in [2.75, 3.05) is 0 Å². The van der Waals surface area contributed by atoms with E-state index in [9.17, 15) is 0 Å². The standard InChI is InChI=1S/C17H18ClN/c1-12-4-2-3-5-16(12)13-6-7-14(17(18)10-13)11-19-15-8-9-15/h2-7,10,15,19H,8-9,11H2,1H3. The predicted molar refractivity (Wildman–Crippen MR) is 81.5 cm³/mol. The molecule has 1 aliphatic rings. The highest BCUT2D eigenvalue weighted by atomic mass is 35.5. The molecular weight excluding hydrogens is 254 g/mol. The molecule has 0 unspecified atom stereocenters. The highest BCUT2D eigenvalue weighted by Crippen LogP contribution is 2.28. The minimum Gasteiger partial charge on any atom is -0.310 e. The third-order valence-electron chi connectivity index (χ3n) is 3.67. The van der Waals surface area contributed by atoms with E-state index in [-0.39, 0.29) is 0 Å². The number of nitrogens with one attached hydrogen (secondary N) is 1. The molecule has 0 bridgehead atoms. The Labute approximate surface area is 119 Å². The van der Waals surface area contributed by atoms with Gasteiger partial charge in [0.05, 0.1) is 0 Å². The zero-order chi connectivity index (χ0) is 13.2. The third-order valence-corrected chi connectivity index (χ3v) is 4.02. The van der Waals surface area contributed by atoms with E-state index in [1.807, 2.05) is 0 Å². The van der Waals surface area contributed by atoms with Crippen molar-refractivity contribution in [2.24, 2.45) is 0 Å². The Morgan fingerprint density at radius 3 is 2.63 bits per heavy atom. The molecule has 1 nitrogen and oxygen atoms in total. The average Bonchev–Trinajstić information content (AvgIpc) is 3.22. The molecule has 0 radical (unpaired) electrons. The van der Waals surface area contributed by atoms with Gasteiger partial charge in [0.25, 0.3) is 0 Å². The van der Waals surface area contributed by atoms with E-state index in [1.54, 1.807) is 0 Å². The molecule has 19 heavy (non-hydrogen) atoms. The lowest BCUT2D eigenvalue weighted by atomic mass is 9.99. The molecule has 0 amide bonds. The number of rotatable bonds is 4. The summed E-state index contributed by atoms with van der Waals surface area (Å²) in [6, 6.07) is 15.5. The smallest absolute Gasteiger partial charge is 0.0457 e. The van der Waals surface area contributed by atoms with Crippen LogP contribution in [0.15, 0.2) is 42.5 Å². The van der Waals surface area contributed by atoms with Gasteiger partial charge in [0.15, 0.2) is 0 Å². The quantitative estimate of drug-likeness (QED) is 0.859. The van der Waals surface area contributed by atoms with Crippen LogP contribution in [0, 0.1) is 6.92 Å². The maximum atomic E-state index is 6.40. The summed E-state index contributed by atoms with van der Waals surface area (Å²) in [5.74, 6) is 0. The largest absolute Gasteiger partial charge is 0.310 e. The van der Waals surface area contributed by atoms with E-state index < -0.39 is 0 Å². The summed E-state index contributed by atoms with van der Waals surface area (Å²) in [5, 5.41) is 4.36. The fourth-order valence-electron chi connectivity index (χ4n) is 2.30. The summed E-state index contributed by atoms with van der Waals surface area (Å²) in [5.41, 5.74) is 4.91. The zero-order valence-corrected chi connectivity index (χ0v) is 11.9. The van der Waals surface area contributed by atoms with Crippen LogP contribution in [0.5, 0.6) is 0 Å². The lowest BCUT2D eigenvalue weighted by Gasteiger charge is -2.10. The van der Waals surface area contributed by atoms with Gasteiger partial charge in [0, 0.05) is 17.6 Å². The minimum absolute atomic E-state index is 0.715. The molecule has 1 saturated carbocycles. The molecule has 0 heterocycles. The summed E-state index contributed by atoms with van der Waals surface area (Å²) in [4.78, 5) is 0. The van der Waals surface area contributed by atoms with Crippen molar-refractivity contribution in [1.29, 1.82) is 0 Å². The SMILES string of the molecule is Cc1ccccc1-c1ccc(CNC2CC2)c(Cl)c1. The third kappa shape index (κ3) is 2.99. The van der Waals surface area contributed by atoms with E-state index in [0.29, 0.717) is 6.04 Å². The Balaban J connectivity index is 1.84. The monoisotopic (exact) mass is 271 g/mol. The topological polar surface area (TPSA) is 12.0 Å². The Morgan fingerprint density at radius 2 is 1.95 bits per heavy atom. The molecule has 98 valence electrons. The summed E-state index contributed by atoms with van der Waals surface area (Å²) in [6.07, 6.45) is 2.61. The molecule has 0 atom stereocenters. The second-order valence-electron chi connectivity index (χ2n) is 5.28. The molecule has 1 aliphatic carbocycles. The molecule has 0 saturated heterocycles. The van der Waals surface area contributed by atoms with Gasteiger partial charge in [-0.1, -0.05) is 48.0 Å². The molecule has 0 aliphatic heterocycles. The molecule has 0 aromatic heterocycles. The fourth-order valence-corrected chi connectivity index (χ4v) is 2.54. The van der Waals surface area contributed by atoms with Gasteiger partial charge >= 0.3 is 0 Å². The molecule has 1 fully saturated rings. The summed E-state index contributed by atoms with van der Waals surface area (Å²) >= 11 is 6.40. The molecule has 0 spiro atoms. The second kappa shape index (κ2) is 5.36. The molecule has 2 aromatic carbocycles. The van der Waals surface area contributed by atoms with E-state index >= 15 is 0 Å². The Hall–Kier alpha value is -1.31. The maximum absolute atomic E-state index is 6.40. The van der Waals surface area contributed by atoms with E-state index in [2.05, 4.69) is 54.7 Å². The van der Waals surface area contributed by atoms with Crippen molar-refractivity contribution in [3.05, 3.63) is 58.6 Å². The number of hydrogen-bond acceptors (Lipinski definition) is 1. The number of benzene rings is 2. The van der Waals surface area contributed by atoms with Gasteiger partial charge in [-0.25, -0.2) is 0 Å². The number of hydrogen-bond donors (Lipinski definition) is 1. The second-order valence-corrected chi connectivity index (χ2v) is 5.68. The van der Waals surface area contributed by atoms with Crippen molar-refractivity contribution in [3.63, 3.8) is 0 Å². The number of halogens is 1. The maximum Gasteiger partial charge on any atom is 0.0457 e. The van der Waals surface area contributed by atoms with Crippen molar-refractivity contribution in [1.82, 2.24) is 5.32 Å². The molecular formula is C17H18ClN. The minimum atomic E-state index is 0.715. The van der Waals surface area contributed by atoms with Crippen LogP contribution in [0.2, 0.25) is 5.02 Å². The zero-order valence-electron chi connectivity index (χ0n) is 11.1. The van der Waals surface area contributed by atoms with Gasteiger partial charge in [0.1, 0.15) is 0 Å². The van der Waals surface area contributed by atoms with Gasteiger partial charge in [0.2, 0.25) is 0 Å². The summed E-state index contributed by atoms with van der Waals surface area (Å²) in [7, 11) is 0. The lowest BCUT2D eigenvalue weighted by molar-refractivity contribution is 0.688. The first-order valence-corrected chi connectivity index (χ1v) is 7.19. The van der Waals surface area contributed by atoms with Crippen LogP contribution in [-0.2, 0) is 6.54 Å². The van der Waals surface area contributed by atoms with E-state index in [0.717, 1.165) is 11.6 Å². The first-order chi connectivity index (χ1) is 9.24. The van der Waals surface area contributed by atoms with Gasteiger partial charge in [-0.3, -0.25) is 0 Å². The molecule has 2 heteroatoms. The Morgan fingerprint density at radius 1 is 1.16 bits per heavy atom. The van der Waals surface area contributed by atoms with Crippen LogP contribution >= 0.6 is 11.6 Å². The van der Waals surface area contributed by atoms with Crippen LogP contribution < -0.4 is 5.32 Å². The van der Waals surface area contributed by atoms with Crippen molar-refractivity contribution >= 4 is 11.6 Å². The lowest BCUT2D eigenvalue weighted by Crippen LogP contribution is -2.15. The van der Waals surface area contributed by atoms with Crippen LogP contribution in [-0.4, -0.2) is 6.04 Å². The first kappa shape index (κ1) is 12.7. The summed E-state index contributed by atoms with van der Waals surface area (Å²) < 4.78 is 0.